The van der Waals surface area contributed by atoms with Crippen molar-refractivity contribution in [2.75, 3.05) is 12.3 Å². The molecule has 0 aromatic carbocycles. The van der Waals surface area contributed by atoms with Gasteiger partial charge in [0.05, 0.1) is 10.9 Å². The number of fused-ring (bicyclic) bond motifs is 1. The molecular weight excluding hydrogens is 348 g/mol. The lowest BCUT2D eigenvalue weighted by molar-refractivity contribution is -0.145. The highest BCUT2D eigenvalue weighted by molar-refractivity contribution is 8.01. The van der Waals surface area contributed by atoms with Crippen molar-refractivity contribution >= 4 is 23.6 Å². The van der Waals surface area contributed by atoms with Gasteiger partial charge < -0.3 is 14.2 Å². The zero-order valence-electron chi connectivity index (χ0n) is 15.7. The molecule has 5 nitrogen and oxygen atoms in total. The molecule has 0 radical (unpaired) electrons. The minimum absolute atomic E-state index is 0.000128. The van der Waals surface area contributed by atoms with Crippen molar-refractivity contribution in [3.05, 3.63) is 23.7 Å². The molecular formula is C20H28N2O3S. The number of carbonyl (C=O) groups excluding carboxylic acids is 2. The Kier molecular flexibility index (Phi) is 4.80. The highest BCUT2D eigenvalue weighted by atomic mass is 32.2. The number of likely N-dealkylation sites (tertiary alicyclic amines) is 1. The number of hydrogen-bond acceptors (Lipinski definition) is 4. The highest BCUT2D eigenvalue weighted by Crippen LogP contribution is 2.48. The SMILES string of the molecule is CCc1ccc([C@@H]2CCCCCN2C(=O)[C@@H]2CS[C@@]3(C)CCC(=O)N23)o1. The van der Waals surface area contributed by atoms with E-state index >= 15 is 0 Å². The Morgan fingerprint density at radius 2 is 2.19 bits per heavy atom. The number of hydrogen-bond donors (Lipinski definition) is 0. The van der Waals surface area contributed by atoms with Gasteiger partial charge in [-0.05, 0) is 38.3 Å². The molecule has 3 saturated heterocycles. The summed E-state index contributed by atoms with van der Waals surface area (Å²) in [6.45, 7) is 4.94. The summed E-state index contributed by atoms with van der Waals surface area (Å²) in [6, 6.07) is 3.74. The maximum Gasteiger partial charge on any atom is 0.246 e. The summed E-state index contributed by atoms with van der Waals surface area (Å²) in [5.41, 5.74) is 0. The van der Waals surface area contributed by atoms with E-state index in [0.717, 1.165) is 56.6 Å². The number of furan rings is 1. The molecule has 26 heavy (non-hydrogen) atoms. The van der Waals surface area contributed by atoms with Crippen LogP contribution in [0.4, 0.5) is 0 Å². The zero-order valence-corrected chi connectivity index (χ0v) is 16.5. The Morgan fingerprint density at radius 1 is 1.35 bits per heavy atom. The smallest absolute Gasteiger partial charge is 0.246 e. The molecule has 0 spiro atoms. The van der Waals surface area contributed by atoms with E-state index < -0.39 is 0 Å². The first-order chi connectivity index (χ1) is 12.5. The van der Waals surface area contributed by atoms with Crippen molar-refractivity contribution < 1.29 is 14.0 Å². The number of aryl methyl sites for hydroxylation is 1. The fourth-order valence-electron chi connectivity index (χ4n) is 4.63. The molecule has 1 aromatic heterocycles. The predicted molar refractivity (Wildman–Crippen MR) is 102 cm³/mol. The molecule has 142 valence electrons. The molecule has 0 saturated carbocycles. The van der Waals surface area contributed by atoms with Crippen molar-refractivity contribution in [3.63, 3.8) is 0 Å². The second-order valence-electron chi connectivity index (χ2n) is 7.82. The Balaban J connectivity index is 1.60. The monoisotopic (exact) mass is 376 g/mol. The predicted octanol–water partition coefficient (Wildman–Crippen LogP) is 3.74. The van der Waals surface area contributed by atoms with Crippen LogP contribution in [0.2, 0.25) is 0 Å². The number of rotatable bonds is 3. The molecule has 3 aliphatic rings. The Bertz CT molecular complexity index is 703. The minimum Gasteiger partial charge on any atom is -0.464 e. The first-order valence-corrected chi connectivity index (χ1v) is 10.9. The molecule has 2 amide bonds. The fraction of sp³-hybridized carbons (Fsp3) is 0.700. The van der Waals surface area contributed by atoms with Gasteiger partial charge in [-0.25, -0.2) is 0 Å². The van der Waals surface area contributed by atoms with Crippen LogP contribution >= 0.6 is 11.8 Å². The van der Waals surface area contributed by atoms with E-state index in [1.807, 2.05) is 21.9 Å². The van der Waals surface area contributed by atoms with E-state index in [-0.39, 0.29) is 28.8 Å². The second-order valence-corrected chi connectivity index (χ2v) is 9.32. The lowest BCUT2D eigenvalue weighted by Gasteiger charge is -2.35. The van der Waals surface area contributed by atoms with Crippen LogP contribution in [0, 0.1) is 0 Å². The third-order valence-corrected chi connectivity index (χ3v) is 7.63. The van der Waals surface area contributed by atoms with Crippen molar-refractivity contribution in [3.8, 4) is 0 Å². The molecule has 1 aromatic rings. The van der Waals surface area contributed by atoms with E-state index in [1.165, 1.54) is 0 Å². The Morgan fingerprint density at radius 3 is 2.96 bits per heavy atom. The van der Waals surface area contributed by atoms with Crippen LogP contribution in [0.15, 0.2) is 16.5 Å². The minimum atomic E-state index is -0.318. The van der Waals surface area contributed by atoms with E-state index in [4.69, 9.17) is 4.42 Å². The first kappa shape index (κ1) is 18.0. The van der Waals surface area contributed by atoms with Gasteiger partial charge in [0, 0.05) is 25.1 Å². The van der Waals surface area contributed by atoms with Crippen LogP contribution in [0.3, 0.4) is 0 Å². The van der Waals surface area contributed by atoms with Gasteiger partial charge in [0.25, 0.3) is 0 Å². The molecule has 0 N–H and O–H groups in total. The third kappa shape index (κ3) is 2.96. The average Bonchev–Trinajstić information content (AvgIpc) is 3.25. The van der Waals surface area contributed by atoms with Crippen molar-refractivity contribution in [2.45, 2.75) is 75.7 Å². The fourth-order valence-corrected chi connectivity index (χ4v) is 6.05. The molecule has 0 unspecified atom stereocenters. The number of carbonyl (C=O) groups is 2. The summed E-state index contributed by atoms with van der Waals surface area (Å²) in [5, 5.41) is 0. The van der Waals surface area contributed by atoms with Gasteiger partial charge in [-0.15, -0.1) is 11.8 Å². The van der Waals surface area contributed by atoms with Crippen LogP contribution in [0.25, 0.3) is 0 Å². The van der Waals surface area contributed by atoms with Gasteiger partial charge in [0.2, 0.25) is 11.8 Å². The molecule has 3 aliphatic heterocycles. The van der Waals surface area contributed by atoms with Crippen LogP contribution < -0.4 is 0 Å². The maximum absolute atomic E-state index is 13.5. The Labute approximate surface area is 159 Å². The topological polar surface area (TPSA) is 53.8 Å². The molecule has 4 heterocycles. The van der Waals surface area contributed by atoms with Crippen LogP contribution in [0.5, 0.6) is 0 Å². The summed E-state index contributed by atoms with van der Waals surface area (Å²) in [4.78, 5) is 29.7. The highest BCUT2D eigenvalue weighted by Gasteiger charge is 2.54. The zero-order chi connectivity index (χ0) is 18.3. The van der Waals surface area contributed by atoms with Crippen LogP contribution in [-0.2, 0) is 16.0 Å². The van der Waals surface area contributed by atoms with E-state index in [2.05, 4.69) is 13.8 Å². The third-order valence-electron chi connectivity index (χ3n) is 6.13. The standard InChI is InChI=1S/C20H28N2O3S/c1-3-14-8-9-17(25-14)15-7-5-4-6-12-21(15)19(24)16-13-26-20(2)11-10-18(23)22(16)20/h8-9,15-16H,3-7,10-13H2,1-2H3/t15-,16-,20-/m0/s1. The number of amides is 2. The summed E-state index contributed by atoms with van der Waals surface area (Å²) in [5.74, 6) is 2.82. The molecule has 4 rings (SSSR count). The van der Waals surface area contributed by atoms with Gasteiger partial charge in [0.1, 0.15) is 17.6 Å². The molecule has 3 fully saturated rings. The molecule has 0 bridgehead atoms. The molecule has 6 heteroatoms. The van der Waals surface area contributed by atoms with Crippen molar-refractivity contribution in [2.24, 2.45) is 0 Å². The Hall–Kier alpha value is -1.43. The molecule has 3 atom stereocenters. The first-order valence-electron chi connectivity index (χ1n) is 9.89. The van der Waals surface area contributed by atoms with E-state index in [0.29, 0.717) is 12.2 Å². The second kappa shape index (κ2) is 6.95. The lowest BCUT2D eigenvalue weighted by Crippen LogP contribution is -2.52. The average molecular weight is 377 g/mol. The molecule has 0 aliphatic carbocycles. The van der Waals surface area contributed by atoms with Gasteiger partial charge >= 0.3 is 0 Å². The number of thioether (sulfide) groups is 1. The van der Waals surface area contributed by atoms with Crippen molar-refractivity contribution in [1.82, 2.24) is 9.80 Å². The van der Waals surface area contributed by atoms with Gasteiger partial charge in [-0.3, -0.25) is 9.59 Å². The van der Waals surface area contributed by atoms with Gasteiger partial charge in [-0.1, -0.05) is 19.8 Å². The van der Waals surface area contributed by atoms with Gasteiger partial charge in [0.15, 0.2) is 0 Å². The summed E-state index contributed by atoms with van der Waals surface area (Å²) in [7, 11) is 0. The maximum atomic E-state index is 13.5. The summed E-state index contributed by atoms with van der Waals surface area (Å²) in [6.07, 6.45) is 6.48. The lowest BCUT2D eigenvalue weighted by atomic mass is 10.1. The van der Waals surface area contributed by atoms with Crippen LogP contribution in [-0.4, -0.2) is 44.8 Å². The normalized spacial score (nSPS) is 32.0. The summed E-state index contributed by atoms with van der Waals surface area (Å²) < 4.78 is 6.02. The largest absolute Gasteiger partial charge is 0.464 e. The number of nitrogens with zero attached hydrogens (tertiary/aromatic N) is 2. The van der Waals surface area contributed by atoms with E-state index in [9.17, 15) is 9.59 Å². The van der Waals surface area contributed by atoms with Crippen molar-refractivity contribution in [1.29, 1.82) is 0 Å². The van der Waals surface area contributed by atoms with E-state index in [1.54, 1.807) is 11.8 Å². The van der Waals surface area contributed by atoms with Crippen LogP contribution in [0.1, 0.15) is 69.9 Å². The quantitative estimate of drug-likeness (QED) is 0.806. The summed E-state index contributed by atoms with van der Waals surface area (Å²) >= 11 is 1.76. The van der Waals surface area contributed by atoms with Gasteiger partial charge in [-0.2, -0.15) is 0 Å².